The van der Waals surface area contributed by atoms with Gasteiger partial charge in [-0.1, -0.05) is 37.1 Å². The number of benzene rings is 2. The molecule has 2 aromatic rings. The Bertz CT molecular complexity index is 1260. The maximum atomic E-state index is 13.9. The summed E-state index contributed by atoms with van der Waals surface area (Å²) in [4.78, 5) is 28.6. The molecular weight excluding hydrogens is 506 g/mol. The number of rotatable bonds is 10. The van der Waals surface area contributed by atoms with Gasteiger partial charge in [-0.15, -0.1) is 0 Å². The highest BCUT2D eigenvalue weighted by Gasteiger charge is 2.32. The second kappa shape index (κ2) is 12.1. The van der Waals surface area contributed by atoms with Gasteiger partial charge in [-0.2, -0.15) is 0 Å². The van der Waals surface area contributed by atoms with Crippen LogP contribution in [0.15, 0.2) is 42.5 Å². The first-order valence-electron chi connectivity index (χ1n) is 13.2. The molecule has 1 N–H and O–H groups in total. The van der Waals surface area contributed by atoms with Gasteiger partial charge in [0.05, 0.1) is 11.4 Å². The molecule has 1 saturated carbocycles. The highest BCUT2D eigenvalue weighted by molar-refractivity contribution is 7.92. The van der Waals surface area contributed by atoms with Crippen molar-refractivity contribution in [2.24, 2.45) is 0 Å². The van der Waals surface area contributed by atoms with Crippen LogP contribution in [0.4, 0.5) is 5.69 Å². The van der Waals surface area contributed by atoms with Crippen LogP contribution in [0.1, 0.15) is 50.7 Å². The Hall–Kier alpha value is -3.27. The lowest BCUT2D eigenvalue weighted by atomic mass is 10.1. The summed E-state index contributed by atoms with van der Waals surface area (Å²) in [6, 6.07) is 11.8. The van der Waals surface area contributed by atoms with E-state index < -0.39 is 28.5 Å². The normalized spacial score (nSPS) is 16.1. The van der Waals surface area contributed by atoms with E-state index in [0.717, 1.165) is 41.1 Å². The number of nitrogens with one attached hydrogen (secondary N) is 1. The molecule has 0 bridgehead atoms. The van der Waals surface area contributed by atoms with Crippen molar-refractivity contribution in [1.82, 2.24) is 10.2 Å². The van der Waals surface area contributed by atoms with Gasteiger partial charge < -0.3 is 19.7 Å². The van der Waals surface area contributed by atoms with Crippen LogP contribution in [0.5, 0.6) is 11.5 Å². The van der Waals surface area contributed by atoms with Gasteiger partial charge in [-0.05, 0) is 56.9 Å². The predicted octanol–water partition coefficient (Wildman–Crippen LogP) is 3.40. The molecule has 0 spiro atoms. The predicted molar refractivity (Wildman–Crippen MR) is 146 cm³/mol. The quantitative estimate of drug-likeness (QED) is 0.493. The summed E-state index contributed by atoms with van der Waals surface area (Å²) in [6.07, 6.45) is 4.00. The van der Waals surface area contributed by atoms with Crippen LogP contribution in [0.2, 0.25) is 0 Å². The van der Waals surface area contributed by atoms with Crippen LogP contribution in [0.25, 0.3) is 0 Å². The molecular formula is C28H37N3O6S. The summed E-state index contributed by atoms with van der Waals surface area (Å²) >= 11 is 0. The number of anilines is 1. The molecule has 0 unspecified atom stereocenters. The number of carbonyl (C=O) groups excluding carboxylic acids is 2. The van der Waals surface area contributed by atoms with Gasteiger partial charge in [-0.25, -0.2) is 8.42 Å². The minimum absolute atomic E-state index is 0.107. The van der Waals surface area contributed by atoms with Gasteiger partial charge in [0.25, 0.3) is 0 Å². The molecule has 1 aliphatic carbocycles. The fraction of sp³-hybridized carbons (Fsp3) is 0.500. The number of hydrogen-bond donors (Lipinski definition) is 1. The first-order valence-corrected chi connectivity index (χ1v) is 14.8. The summed E-state index contributed by atoms with van der Waals surface area (Å²) in [5.41, 5.74) is 2.19. The van der Waals surface area contributed by atoms with Gasteiger partial charge >= 0.3 is 0 Å². The highest BCUT2D eigenvalue weighted by Crippen LogP contribution is 2.35. The molecule has 2 amide bonds. The summed E-state index contributed by atoms with van der Waals surface area (Å²) in [6.45, 7) is 5.69. The zero-order valence-corrected chi connectivity index (χ0v) is 23.1. The molecule has 2 aliphatic rings. The van der Waals surface area contributed by atoms with E-state index in [-0.39, 0.29) is 24.2 Å². The van der Waals surface area contributed by atoms with E-state index in [1.54, 1.807) is 25.1 Å². The van der Waals surface area contributed by atoms with Crippen LogP contribution < -0.4 is 19.1 Å². The monoisotopic (exact) mass is 543 g/mol. The van der Waals surface area contributed by atoms with Crippen molar-refractivity contribution in [1.29, 1.82) is 0 Å². The number of aryl methyl sites for hydroxylation is 1. The van der Waals surface area contributed by atoms with Crippen LogP contribution >= 0.6 is 0 Å². The third kappa shape index (κ3) is 6.40. The van der Waals surface area contributed by atoms with Crippen LogP contribution in [-0.2, 0) is 26.2 Å². The molecule has 0 aromatic heterocycles. The lowest BCUT2D eigenvalue weighted by Gasteiger charge is -2.33. The van der Waals surface area contributed by atoms with Gasteiger partial charge in [0.1, 0.15) is 25.8 Å². The fourth-order valence-electron chi connectivity index (χ4n) is 4.85. The molecule has 0 radical (unpaired) electrons. The Balaban J connectivity index is 1.63. The van der Waals surface area contributed by atoms with Crippen molar-refractivity contribution in [3.05, 3.63) is 53.6 Å². The average Bonchev–Trinajstić information content (AvgIpc) is 3.43. The SMILES string of the molecule is CCS(=O)(=O)N(CC(=O)N(Cc1ccccc1C)[C@@H](C)C(=O)NC1CCCC1)c1ccc2c(c1)OCCO2. The number of amides is 2. The Morgan fingerprint density at radius 3 is 2.42 bits per heavy atom. The third-order valence-electron chi connectivity index (χ3n) is 7.26. The molecule has 4 rings (SSSR count). The second-order valence-corrected chi connectivity index (χ2v) is 12.0. The van der Waals surface area contributed by atoms with E-state index in [4.69, 9.17) is 9.47 Å². The Morgan fingerprint density at radius 1 is 1.05 bits per heavy atom. The zero-order chi connectivity index (χ0) is 27.3. The lowest BCUT2D eigenvalue weighted by Crippen LogP contribution is -2.52. The summed E-state index contributed by atoms with van der Waals surface area (Å²) in [5.74, 6) is 0.0685. The lowest BCUT2D eigenvalue weighted by molar-refractivity contribution is -0.139. The van der Waals surface area contributed by atoms with E-state index in [9.17, 15) is 18.0 Å². The van der Waals surface area contributed by atoms with Crippen LogP contribution in [0, 0.1) is 6.92 Å². The molecule has 1 atom stereocenters. The van der Waals surface area contributed by atoms with Gasteiger partial charge in [0, 0.05) is 18.7 Å². The summed E-state index contributed by atoms with van der Waals surface area (Å²) < 4.78 is 38.7. The van der Waals surface area contributed by atoms with Gasteiger partial charge in [0.2, 0.25) is 21.8 Å². The standard InChI is InChI=1S/C28H37N3O6S/c1-4-38(34,35)31(24-13-14-25-26(17-24)37-16-15-36-25)19-27(32)30(18-22-10-6-5-9-20(22)2)21(3)28(33)29-23-11-7-8-12-23/h5-6,9-10,13-14,17,21,23H,4,7-8,11-12,15-16,18-19H2,1-3H3,(H,29,33)/t21-/m0/s1. The minimum atomic E-state index is -3.83. The second-order valence-electron chi connectivity index (χ2n) is 9.85. The molecule has 1 aliphatic heterocycles. The topological polar surface area (TPSA) is 105 Å². The Kier molecular flexibility index (Phi) is 8.81. The average molecular weight is 544 g/mol. The summed E-state index contributed by atoms with van der Waals surface area (Å²) in [7, 11) is -3.83. The van der Waals surface area contributed by atoms with Gasteiger partial charge in [0.15, 0.2) is 11.5 Å². The maximum Gasteiger partial charge on any atom is 0.244 e. The van der Waals surface area contributed by atoms with E-state index in [1.807, 2.05) is 31.2 Å². The van der Waals surface area contributed by atoms with Crippen molar-refractivity contribution >= 4 is 27.5 Å². The molecule has 0 saturated heterocycles. The number of sulfonamides is 1. The molecule has 1 fully saturated rings. The van der Waals surface area contributed by atoms with E-state index in [2.05, 4.69) is 5.32 Å². The van der Waals surface area contributed by atoms with Crippen molar-refractivity contribution < 1.29 is 27.5 Å². The van der Waals surface area contributed by atoms with Crippen molar-refractivity contribution in [3.8, 4) is 11.5 Å². The smallest absolute Gasteiger partial charge is 0.244 e. The Morgan fingerprint density at radius 2 is 1.74 bits per heavy atom. The van der Waals surface area contributed by atoms with Gasteiger partial charge in [-0.3, -0.25) is 13.9 Å². The highest BCUT2D eigenvalue weighted by atomic mass is 32.2. The number of ether oxygens (including phenoxy) is 2. The molecule has 9 nitrogen and oxygen atoms in total. The largest absolute Gasteiger partial charge is 0.486 e. The fourth-order valence-corrected chi connectivity index (χ4v) is 5.91. The molecule has 206 valence electrons. The number of carbonyl (C=O) groups is 2. The molecule has 10 heteroatoms. The number of fused-ring (bicyclic) bond motifs is 1. The Labute approximate surface area is 225 Å². The number of hydrogen-bond acceptors (Lipinski definition) is 6. The first kappa shape index (κ1) is 27.8. The number of nitrogens with zero attached hydrogens (tertiary/aromatic N) is 2. The zero-order valence-electron chi connectivity index (χ0n) is 22.3. The van der Waals surface area contributed by atoms with E-state index in [0.29, 0.717) is 30.4 Å². The van der Waals surface area contributed by atoms with Crippen molar-refractivity contribution in [2.75, 3.05) is 29.8 Å². The van der Waals surface area contributed by atoms with E-state index in [1.165, 1.54) is 11.8 Å². The molecule has 38 heavy (non-hydrogen) atoms. The molecule has 1 heterocycles. The van der Waals surface area contributed by atoms with Crippen LogP contribution in [0.3, 0.4) is 0 Å². The van der Waals surface area contributed by atoms with E-state index >= 15 is 0 Å². The minimum Gasteiger partial charge on any atom is -0.486 e. The van der Waals surface area contributed by atoms with Crippen molar-refractivity contribution in [2.45, 2.75) is 65.1 Å². The summed E-state index contributed by atoms with van der Waals surface area (Å²) in [5, 5.41) is 3.08. The van der Waals surface area contributed by atoms with Crippen molar-refractivity contribution in [3.63, 3.8) is 0 Å². The molecule has 2 aromatic carbocycles. The maximum absolute atomic E-state index is 13.9. The first-order chi connectivity index (χ1) is 18.2. The third-order valence-corrected chi connectivity index (χ3v) is 9.01. The van der Waals surface area contributed by atoms with Crippen LogP contribution in [-0.4, -0.2) is 62.7 Å².